The molecule has 0 aromatic rings. The molecule has 1 heterocycles. The Bertz CT molecular complexity index is 229. The second kappa shape index (κ2) is 6.45. The normalized spacial score (nSPS) is 25.1. The number of carbonyl (C=O) groups is 1. The highest BCUT2D eigenvalue weighted by molar-refractivity contribution is 6.18. The number of hydrogen-bond donors (Lipinski definition) is 0. The fourth-order valence-corrected chi connectivity index (χ4v) is 2.44. The molecule has 2 atom stereocenters. The van der Waals surface area contributed by atoms with E-state index >= 15 is 0 Å². The first-order chi connectivity index (χ1) is 7.61. The highest BCUT2D eigenvalue weighted by atomic mass is 35.5. The van der Waals surface area contributed by atoms with Crippen LogP contribution in [0.5, 0.6) is 0 Å². The summed E-state index contributed by atoms with van der Waals surface area (Å²) in [6, 6.07) is 0.212. The highest BCUT2D eigenvalue weighted by Gasteiger charge is 2.35. The van der Waals surface area contributed by atoms with Crippen molar-refractivity contribution in [1.82, 2.24) is 4.90 Å². The number of alkyl halides is 1. The zero-order chi connectivity index (χ0) is 12.1. The van der Waals surface area contributed by atoms with Crippen molar-refractivity contribution in [1.29, 1.82) is 0 Å². The van der Waals surface area contributed by atoms with Crippen LogP contribution in [0.2, 0.25) is 0 Å². The summed E-state index contributed by atoms with van der Waals surface area (Å²) >= 11 is 5.74. The van der Waals surface area contributed by atoms with Gasteiger partial charge in [0.2, 0.25) is 5.91 Å². The lowest BCUT2D eigenvalue weighted by Crippen LogP contribution is -2.44. The number of carbonyl (C=O) groups excluding carboxylic acids is 1. The van der Waals surface area contributed by atoms with Gasteiger partial charge in [-0.25, -0.2) is 0 Å². The molecule has 94 valence electrons. The van der Waals surface area contributed by atoms with Gasteiger partial charge in [0.25, 0.3) is 0 Å². The SMILES string of the molecule is CCC1OCCC1C(=O)N(CCCl)C(C)C. The number of hydrogen-bond acceptors (Lipinski definition) is 2. The van der Waals surface area contributed by atoms with Crippen LogP contribution in [-0.2, 0) is 9.53 Å². The Labute approximate surface area is 103 Å². The van der Waals surface area contributed by atoms with Crippen molar-refractivity contribution >= 4 is 17.5 Å². The maximum atomic E-state index is 12.3. The van der Waals surface area contributed by atoms with E-state index in [0.717, 1.165) is 12.8 Å². The minimum atomic E-state index is 0.0376. The predicted octanol–water partition coefficient (Wildman–Crippen LogP) is 2.28. The first-order valence-corrected chi connectivity index (χ1v) is 6.63. The zero-order valence-electron chi connectivity index (χ0n) is 10.4. The molecule has 1 fully saturated rings. The lowest BCUT2D eigenvalue weighted by Gasteiger charge is -2.30. The van der Waals surface area contributed by atoms with E-state index in [2.05, 4.69) is 6.92 Å². The van der Waals surface area contributed by atoms with Gasteiger partial charge in [-0.15, -0.1) is 11.6 Å². The molecule has 0 saturated carbocycles. The first-order valence-electron chi connectivity index (χ1n) is 6.09. The van der Waals surface area contributed by atoms with Crippen LogP contribution < -0.4 is 0 Å². The zero-order valence-corrected chi connectivity index (χ0v) is 11.2. The fourth-order valence-electron chi connectivity index (χ4n) is 2.26. The highest BCUT2D eigenvalue weighted by Crippen LogP contribution is 2.26. The monoisotopic (exact) mass is 247 g/mol. The van der Waals surface area contributed by atoms with Gasteiger partial charge in [-0.1, -0.05) is 6.92 Å². The second-order valence-electron chi connectivity index (χ2n) is 4.53. The Kier molecular flexibility index (Phi) is 5.56. The van der Waals surface area contributed by atoms with Crippen LogP contribution in [0.1, 0.15) is 33.6 Å². The summed E-state index contributed by atoms with van der Waals surface area (Å²) < 4.78 is 5.56. The summed E-state index contributed by atoms with van der Waals surface area (Å²) in [4.78, 5) is 14.2. The van der Waals surface area contributed by atoms with E-state index < -0.39 is 0 Å². The summed E-state index contributed by atoms with van der Waals surface area (Å²) in [5.41, 5.74) is 0. The van der Waals surface area contributed by atoms with Gasteiger partial charge < -0.3 is 9.64 Å². The molecule has 0 aromatic heterocycles. The Morgan fingerprint density at radius 1 is 1.56 bits per heavy atom. The lowest BCUT2D eigenvalue weighted by molar-refractivity contribution is -0.138. The van der Waals surface area contributed by atoms with E-state index in [1.807, 2.05) is 18.7 Å². The quantitative estimate of drug-likeness (QED) is 0.698. The summed E-state index contributed by atoms with van der Waals surface area (Å²) in [5.74, 6) is 0.740. The summed E-state index contributed by atoms with van der Waals surface area (Å²) in [7, 11) is 0. The molecule has 4 heteroatoms. The maximum Gasteiger partial charge on any atom is 0.228 e. The average Bonchev–Trinajstić information content (AvgIpc) is 2.72. The summed E-state index contributed by atoms with van der Waals surface area (Å²) in [6.07, 6.45) is 1.86. The summed E-state index contributed by atoms with van der Waals surface area (Å²) in [6.45, 7) is 7.46. The van der Waals surface area contributed by atoms with E-state index in [0.29, 0.717) is 19.0 Å². The standard InChI is InChI=1S/C12H22ClNO2/c1-4-11-10(5-8-16-11)12(15)14(7-6-13)9(2)3/h9-11H,4-8H2,1-3H3. The van der Waals surface area contributed by atoms with Crippen molar-refractivity contribution in [2.75, 3.05) is 19.0 Å². The topological polar surface area (TPSA) is 29.5 Å². The van der Waals surface area contributed by atoms with Crippen molar-refractivity contribution in [3.8, 4) is 0 Å². The number of ether oxygens (including phenoxy) is 1. The number of amides is 1. The van der Waals surface area contributed by atoms with Crippen molar-refractivity contribution in [2.45, 2.75) is 45.8 Å². The molecule has 1 amide bonds. The van der Waals surface area contributed by atoms with Crippen LogP contribution >= 0.6 is 11.6 Å². The molecule has 2 unspecified atom stereocenters. The van der Waals surface area contributed by atoms with E-state index in [1.54, 1.807) is 0 Å². The van der Waals surface area contributed by atoms with Crippen LogP contribution in [0.4, 0.5) is 0 Å². The molecule has 0 aliphatic carbocycles. The molecule has 0 aromatic carbocycles. The second-order valence-corrected chi connectivity index (χ2v) is 4.90. The van der Waals surface area contributed by atoms with Crippen molar-refractivity contribution in [2.24, 2.45) is 5.92 Å². The van der Waals surface area contributed by atoms with Gasteiger partial charge >= 0.3 is 0 Å². The molecule has 0 spiro atoms. The predicted molar refractivity (Wildman–Crippen MR) is 65.7 cm³/mol. The smallest absolute Gasteiger partial charge is 0.228 e. The summed E-state index contributed by atoms with van der Waals surface area (Å²) in [5, 5.41) is 0. The number of rotatable bonds is 5. The Morgan fingerprint density at radius 2 is 2.25 bits per heavy atom. The number of halogens is 1. The van der Waals surface area contributed by atoms with Gasteiger partial charge in [-0.05, 0) is 26.7 Å². The fraction of sp³-hybridized carbons (Fsp3) is 0.917. The first kappa shape index (κ1) is 13.8. The molecule has 3 nitrogen and oxygen atoms in total. The molecule has 16 heavy (non-hydrogen) atoms. The van der Waals surface area contributed by atoms with Crippen LogP contribution in [0.15, 0.2) is 0 Å². The van der Waals surface area contributed by atoms with Crippen molar-refractivity contribution < 1.29 is 9.53 Å². The molecular formula is C12H22ClNO2. The van der Waals surface area contributed by atoms with Gasteiger partial charge in [-0.2, -0.15) is 0 Å². The van der Waals surface area contributed by atoms with Crippen LogP contribution in [-0.4, -0.2) is 42.0 Å². The molecule has 0 N–H and O–H groups in total. The average molecular weight is 248 g/mol. The Morgan fingerprint density at radius 3 is 2.75 bits per heavy atom. The molecule has 1 rings (SSSR count). The Hall–Kier alpha value is -0.280. The maximum absolute atomic E-state index is 12.3. The van der Waals surface area contributed by atoms with E-state index in [4.69, 9.17) is 16.3 Å². The van der Waals surface area contributed by atoms with Crippen molar-refractivity contribution in [3.05, 3.63) is 0 Å². The minimum absolute atomic E-state index is 0.0376. The van der Waals surface area contributed by atoms with Gasteiger partial charge in [-0.3, -0.25) is 4.79 Å². The third-order valence-electron chi connectivity index (χ3n) is 3.16. The van der Waals surface area contributed by atoms with Gasteiger partial charge in [0.1, 0.15) is 0 Å². The molecule has 1 aliphatic rings. The lowest BCUT2D eigenvalue weighted by atomic mass is 9.97. The third kappa shape index (κ3) is 3.11. The number of nitrogens with zero attached hydrogens (tertiary/aromatic N) is 1. The van der Waals surface area contributed by atoms with Gasteiger partial charge in [0, 0.05) is 25.1 Å². The van der Waals surface area contributed by atoms with Crippen LogP contribution in [0.3, 0.4) is 0 Å². The van der Waals surface area contributed by atoms with Gasteiger partial charge in [0.05, 0.1) is 12.0 Å². The van der Waals surface area contributed by atoms with E-state index in [9.17, 15) is 4.79 Å². The molecule has 1 saturated heterocycles. The molecular weight excluding hydrogens is 226 g/mol. The van der Waals surface area contributed by atoms with E-state index in [1.165, 1.54) is 0 Å². The largest absolute Gasteiger partial charge is 0.377 e. The minimum Gasteiger partial charge on any atom is -0.377 e. The Balaban J connectivity index is 2.66. The van der Waals surface area contributed by atoms with Crippen LogP contribution in [0, 0.1) is 5.92 Å². The van der Waals surface area contributed by atoms with Crippen LogP contribution in [0.25, 0.3) is 0 Å². The molecule has 0 radical (unpaired) electrons. The third-order valence-corrected chi connectivity index (χ3v) is 3.33. The molecule has 0 bridgehead atoms. The van der Waals surface area contributed by atoms with Crippen molar-refractivity contribution in [3.63, 3.8) is 0 Å². The molecule has 1 aliphatic heterocycles. The van der Waals surface area contributed by atoms with Gasteiger partial charge in [0.15, 0.2) is 0 Å². The van der Waals surface area contributed by atoms with E-state index in [-0.39, 0.29) is 24.0 Å².